The first-order valence-corrected chi connectivity index (χ1v) is 5.89. The summed E-state index contributed by atoms with van der Waals surface area (Å²) in [6.45, 7) is 9.78. The summed E-state index contributed by atoms with van der Waals surface area (Å²) in [6.07, 6.45) is 3.56. The fourth-order valence-electron chi connectivity index (χ4n) is 1.25. The molecule has 3 heteroatoms. The minimum Gasteiger partial charge on any atom is -0.330 e. The molecule has 0 saturated carbocycles. The summed E-state index contributed by atoms with van der Waals surface area (Å²) in [6, 6.07) is 0. The number of nitrogens with two attached hydrogens (primary N) is 1. The summed E-state index contributed by atoms with van der Waals surface area (Å²) < 4.78 is 0. The average molecular weight is 201 g/mol. The molecule has 14 heavy (non-hydrogen) atoms. The van der Waals surface area contributed by atoms with Crippen LogP contribution in [0.25, 0.3) is 0 Å². The molecule has 3 nitrogen and oxygen atoms in total. The van der Waals surface area contributed by atoms with Crippen molar-refractivity contribution in [2.75, 3.05) is 32.7 Å². The first kappa shape index (κ1) is 13.9. The van der Waals surface area contributed by atoms with E-state index in [0.717, 1.165) is 45.1 Å². The molecule has 4 N–H and O–H groups in total. The van der Waals surface area contributed by atoms with Gasteiger partial charge in [-0.05, 0) is 57.9 Å². The summed E-state index contributed by atoms with van der Waals surface area (Å²) in [4.78, 5) is 0. The Hall–Kier alpha value is -0.120. The third-order valence-corrected chi connectivity index (χ3v) is 2.07. The number of hydrogen-bond donors (Lipinski definition) is 3. The molecule has 0 aromatic heterocycles. The maximum absolute atomic E-state index is 5.40. The van der Waals surface area contributed by atoms with Crippen molar-refractivity contribution in [2.45, 2.75) is 33.1 Å². The molecule has 86 valence electrons. The van der Waals surface area contributed by atoms with E-state index in [1.807, 2.05) is 0 Å². The first-order valence-electron chi connectivity index (χ1n) is 5.89. The van der Waals surface area contributed by atoms with Gasteiger partial charge in [-0.15, -0.1) is 0 Å². The van der Waals surface area contributed by atoms with Gasteiger partial charge in [0.1, 0.15) is 0 Å². The van der Waals surface area contributed by atoms with Gasteiger partial charge < -0.3 is 16.4 Å². The van der Waals surface area contributed by atoms with E-state index in [1.54, 1.807) is 0 Å². The van der Waals surface area contributed by atoms with Gasteiger partial charge in [-0.3, -0.25) is 0 Å². The number of rotatable bonds is 10. The maximum Gasteiger partial charge on any atom is -0.00258 e. The fraction of sp³-hybridized carbons (Fsp3) is 1.00. The van der Waals surface area contributed by atoms with Gasteiger partial charge in [0.25, 0.3) is 0 Å². The lowest BCUT2D eigenvalue weighted by atomic mass is 10.2. The molecule has 0 saturated heterocycles. The van der Waals surface area contributed by atoms with Crippen molar-refractivity contribution in [3.05, 3.63) is 0 Å². The quantitative estimate of drug-likeness (QED) is 0.461. The minimum absolute atomic E-state index is 0.757. The second-order valence-corrected chi connectivity index (χ2v) is 4.20. The van der Waals surface area contributed by atoms with Crippen LogP contribution in [0.4, 0.5) is 0 Å². The third-order valence-electron chi connectivity index (χ3n) is 2.07. The summed E-state index contributed by atoms with van der Waals surface area (Å²) in [5.74, 6) is 0.757. The number of hydrogen-bond acceptors (Lipinski definition) is 3. The van der Waals surface area contributed by atoms with E-state index in [-0.39, 0.29) is 0 Å². The van der Waals surface area contributed by atoms with Crippen LogP contribution in [0, 0.1) is 5.92 Å². The normalized spacial score (nSPS) is 11.1. The van der Waals surface area contributed by atoms with Gasteiger partial charge in [-0.1, -0.05) is 13.8 Å². The third kappa shape index (κ3) is 11.9. The van der Waals surface area contributed by atoms with Gasteiger partial charge in [0, 0.05) is 0 Å². The Morgan fingerprint density at radius 2 is 1.57 bits per heavy atom. The molecule has 0 atom stereocenters. The first-order chi connectivity index (χ1) is 6.77. The second kappa shape index (κ2) is 11.0. The van der Waals surface area contributed by atoms with Crippen LogP contribution in [0.15, 0.2) is 0 Å². The predicted octanol–water partition coefficient (Wildman–Crippen LogP) is 0.951. The molecular formula is C11H27N3. The van der Waals surface area contributed by atoms with E-state index >= 15 is 0 Å². The summed E-state index contributed by atoms with van der Waals surface area (Å²) in [5.41, 5.74) is 5.40. The molecule has 0 bridgehead atoms. The Bertz CT molecular complexity index is 105. The Labute approximate surface area is 88.8 Å². The highest BCUT2D eigenvalue weighted by molar-refractivity contribution is 4.54. The second-order valence-electron chi connectivity index (χ2n) is 4.20. The SMILES string of the molecule is CC(C)CNCCCNCCCCN. The van der Waals surface area contributed by atoms with E-state index in [4.69, 9.17) is 5.73 Å². The zero-order chi connectivity index (χ0) is 10.6. The average Bonchev–Trinajstić information content (AvgIpc) is 2.15. The van der Waals surface area contributed by atoms with Gasteiger partial charge in [0.15, 0.2) is 0 Å². The molecule has 0 aliphatic carbocycles. The van der Waals surface area contributed by atoms with E-state index < -0.39 is 0 Å². The molecule has 0 aromatic carbocycles. The smallest absolute Gasteiger partial charge is 0.00258 e. The van der Waals surface area contributed by atoms with Crippen LogP contribution in [0.5, 0.6) is 0 Å². The monoisotopic (exact) mass is 201 g/mol. The van der Waals surface area contributed by atoms with Crippen molar-refractivity contribution in [3.8, 4) is 0 Å². The van der Waals surface area contributed by atoms with E-state index in [2.05, 4.69) is 24.5 Å². The van der Waals surface area contributed by atoms with Crippen LogP contribution in [-0.2, 0) is 0 Å². The molecule has 0 amide bonds. The Morgan fingerprint density at radius 1 is 0.929 bits per heavy atom. The molecule has 0 unspecified atom stereocenters. The zero-order valence-corrected chi connectivity index (χ0v) is 9.81. The van der Waals surface area contributed by atoms with Crippen molar-refractivity contribution in [1.82, 2.24) is 10.6 Å². The largest absolute Gasteiger partial charge is 0.330 e. The van der Waals surface area contributed by atoms with E-state index in [9.17, 15) is 0 Å². The van der Waals surface area contributed by atoms with Gasteiger partial charge in [0.05, 0.1) is 0 Å². The van der Waals surface area contributed by atoms with Crippen LogP contribution < -0.4 is 16.4 Å². The van der Waals surface area contributed by atoms with Crippen LogP contribution in [-0.4, -0.2) is 32.7 Å². The fourth-order valence-corrected chi connectivity index (χ4v) is 1.25. The van der Waals surface area contributed by atoms with Crippen LogP contribution in [0.2, 0.25) is 0 Å². The van der Waals surface area contributed by atoms with Crippen molar-refractivity contribution < 1.29 is 0 Å². The highest BCUT2D eigenvalue weighted by Gasteiger charge is 1.92. The van der Waals surface area contributed by atoms with E-state index in [1.165, 1.54) is 12.8 Å². The lowest BCUT2D eigenvalue weighted by Gasteiger charge is -2.07. The summed E-state index contributed by atoms with van der Waals surface area (Å²) in [5, 5.41) is 6.84. The molecule has 0 rings (SSSR count). The maximum atomic E-state index is 5.40. The van der Waals surface area contributed by atoms with Crippen molar-refractivity contribution in [1.29, 1.82) is 0 Å². The van der Waals surface area contributed by atoms with Gasteiger partial charge in [-0.25, -0.2) is 0 Å². The highest BCUT2D eigenvalue weighted by atomic mass is 14.9. The lowest BCUT2D eigenvalue weighted by molar-refractivity contribution is 0.527. The lowest BCUT2D eigenvalue weighted by Crippen LogP contribution is -2.25. The van der Waals surface area contributed by atoms with Crippen molar-refractivity contribution >= 4 is 0 Å². The zero-order valence-electron chi connectivity index (χ0n) is 9.81. The van der Waals surface area contributed by atoms with Gasteiger partial charge >= 0.3 is 0 Å². The Kier molecular flexibility index (Phi) is 10.9. The molecule has 0 spiro atoms. The number of nitrogens with one attached hydrogen (secondary N) is 2. The molecule has 0 fully saturated rings. The summed E-state index contributed by atoms with van der Waals surface area (Å²) >= 11 is 0. The summed E-state index contributed by atoms with van der Waals surface area (Å²) in [7, 11) is 0. The number of unbranched alkanes of at least 4 members (excludes halogenated alkanes) is 1. The van der Waals surface area contributed by atoms with Crippen molar-refractivity contribution in [3.63, 3.8) is 0 Å². The molecule has 0 radical (unpaired) electrons. The van der Waals surface area contributed by atoms with Crippen molar-refractivity contribution in [2.24, 2.45) is 11.7 Å². The topological polar surface area (TPSA) is 50.1 Å². The molecule has 0 aliphatic heterocycles. The standard InChI is InChI=1S/C11H27N3/c1-11(2)10-14-9-5-8-13-7-4-3-6-12/h11,13-14H,3-10,12H2,1-2H3. The van der Waals surface area contributed by atoms with Crippen LogP contribution in [0.3, 0.4) is 0 Å². The van der Waals surface area contributed by atoms with Gasteiger partial charge in [-0.2, -0.15) is 0 Å². The van der Waals surface area contributed by atoms with Gasteiger partial charge in [0.2, 0.25) is 0 Å². The molecule has 0 aromatic rings. The molecule has 0 aliphatic rings. The molecular weight excluding hydrogens is 174 g/mol. The Balaban J connectivity index is 2.85. The molecule has 0 heterocycles. The van der Waals surface area contributed by atoms with Crippen LogP contribution in [0.1, 0.15) is 33.1 Å². The van der Waals surface area contributed by atoms with E-state index in [0.29, 0.717) is 0 Å². The highest BCUT2D eigenvalue weighted by Crippen LogP contribution is 1.87. The Morgan fingerprint density at radius 3 is 2.21 bits per heavy atom. The van der Waals surface area contributed by atoms with Crippen LogP contribution >= 0.6 is 0 Å². The minimum atomic E-state index is 0.757. The predicted molar refractivity (Wildman–Crippen MR) is 63.5 cm³/mol.